The molecule has 2 aliphatic rings. The normalized spacial score (nSPS) is 23.8. The van der Waals surface area contributed by atoms with Crippen LogP contribution >= 0.6 is 11.8 Å². The Morgan fingerprint density at radius 2 is 1.79 bits per heavy atom. The van der Waals surface area contributed by atoms with Crippen molar-refractivity contribution in [2.24, 2.45) is 5.92 Å². The first-order valence-electron chi connectivity index (χ1n) is 9.25. The summed E-state index contributed by atoms with van der Waals surface area (Å²) in [5, 5.41) is 2.94. The van der Waals surface area contributed by atoms with Gasteiger partial charge in [-0.3, -0.25) is 0 Å². The van der Waals surface area contributed by atoms with Crippen LogP contribution in [0.5, 0.6) is 0 Å². The van der Waals surface area contributed by atoms with Crippen molar-refractivity contribution in [1.29, 1.82) is 0 Å². The number of fused-ring (bicyclic) bond motifs is 2. The Morgan fingerprint density at radius 1 is 1.07 bits per heavy atom. The number of piperidine rings is 1. The van der Waals surface area contributed by atoms with Crippen LogP contribution in [0.2, 0.25) is 0 Å². The van der Waals surface area contributed by atoms with E-state index in [1.165, 1.54) is 0 Å². The smallest absolute Gasteiger partial charge is 0.320 e. The van der Waals surface area contributed by atoms with Gasteiger partial charge in [-0.2, -0.15) is 0 Å². The number of carbonyl (C=O) groups is 1. The molecule has 2 fully saturated rings. The molecular weight excluding hydrogens is 394 g/mol. The number of rotatable bonds is 5. The lowest BCUT2D eigenvalue weighted by Gasteiger charge is -2.33. The number of sulfonamides is 1. The number of amides is 2. The van der Waals surface area contributed by atoms with Gasteiger partial charge in [-0.1, -0.05) is 18.2 Å². The fourth-order valence-corrected chi connectivity index (χ4v) is 5.83. The van der Waals surface area contributed by atoms with Gasteiger partial charge in [0.2, 0.25) is 10.0 Å². The first-order valence-corrected chi connectivity index (χ1v) is 12.0. The average Bonchev–Trinajstić information content (AvgIpc) is 3.29. The minimum Gasteiger partial charge on any atom is -0.320 e. The van der Waals surface area contributed by atoms with Crippen molar-refractivity contribution in [1.82, 2.24) is 9.62 Å². The Hall–Kier alpha value is -2.03. The summed E-state index contributed by atoms with van der Waals surface area (Å²) in [5.74, 6) is 0.332. The second-order valence-corrected chi connectivity index (χ2v) is 9.85. The first kappa shape index (κ1) is 19.3. The van der Waals surface area contributed by atoms with Gasteiger partial charge in [0.05, 0.1) is 10.9 Å². The molecule has 148 valence electrons. The van der Waals surface area contributed by atoms with E-state index in [0.29, 0.717) is 12.5 Å². The summed E-state index contributed by atoms with van der Waals surface area (Å²) in [4.78, 5) is 15.9. The minimum atomic E-state index is -3.59. The van der Waals surface area contributed by atoms with Gasteiger partial charge >= 0.3 is 6.03 Å². The van der Waals surface area contributed by atoms with E-state index in [9.17, 15) is 13.2 Å². The van der Waals surface area contributed by atoms with Gasteiger partial charge < -0.3 is 10.2 Å². The summed E-state index contributed by atoms with van der Waals surface area (Å²) in [6.45, 7) is 0.670. The van der Waals surface area contributed by atoms with Gasteiger partial charge in [0.15, 0.2) is 0 Å². The summed E-state index contributed by atoms with van der Waals surface area (Å²) in [6.07, 6.45) is 3.61. The van der Waals surface area contributed by atoms with Crippen LogP contribution in [0.15, 0.2) is 64.4 Å². The van der Waals surface area contributed by atoms with Gasteiger partial charge in [-0.25, -0.2) is 17.9 Å². The van der Waals surface area contributed by atoms with E-state index in [2.05, 4.69) is 10.0 Å². The standard InChI is InChI=1S/C20H23N3O3S2/c1-27-16-9-7-15(8-10-16)21-20(24)23-13-14-11-18(19(23)12-14)22-28(25,26)17-5-3-2-4-6-17/h2-10,14,18-19,22H,11-13H2,1H3,(H,21,24). The second-order valence-electron chi connectivity index (χ2n) is 7.26. The third kappa shape index (κ3) is 3.90. The first-order chi connectivity index (χ1) is 13.5. The molecule has 1 heterocycles. The Labute approximate surface area is 169 Å². The van der Waals surface area contributed by atoms with E-state index in [-0.39, 0.29) is 23.0 Å². The molecule has 28 heavy (non-hydrogen) atoms. The number of urea groups is 1. The molecule has 3 atom stereocenters. The Balaban J connectivity index is 1.44. The van der Waals surface area contributed by atoms with E-state index in [4.69, 9.17) is 0 Å². The predicted octanol–water partition coefficient (Wildman–Crippen LogP) is 3.38. The largest absolute Gasteiger partial charge is 0.322 e. The summed E-state index contributed by atoms with van der Waals surface area (Å²) < 4.78 is 28.1. The van der Waals surface area contributed by atoms with E-state index in [1.54, 1.807) is 47.0 Å². The van der Waals surface area contributed by atoms with Gasteiger partial charge in [0.1, 0.15) is 0 Å². The van der Waals surface area contributed by atoms with Crippen molar-refractivity contribution in [3.8, 4) is 0 Å². The fourth-order valence-electron chi connectivity index (χ4n) is 4.12. The highest BCUT2D eigenvalue weighted by atomic mass is 32.2. The van der Waals surface area contributed by atoms with Crippen LogP contribution in [0.25, 0.3) is 0 Å². The molecule has 0 radical (unpaired) electrons. The van der Waals surface area contributed by atoms with Crippen molar-refractivity contribution in [2.45, 2.75) is 34.7 Å². The quantitative estimate of drug-likeness (QED) is 0.731. The predicted molar refractivity (Wildman–Crippen MR) is 111 cm³/mol. The Morgan fingerprint density at radius 3 is 2.43 bits per heavy atom. The number of anilines is 1. The molecule has 4 rings (SSSR count). The summed E-state index contributed by atoms with van der Waals surface area (Å²) >= 11 is 1.65. The molecule has 2 amide bonds. The van der Waals surface area contributed by atoms with Gasteiger partial charge in [0, 0.05) is 23.2 Å². The summed E-state index contributed by atoms with van der Waals surface area (Å²) in [6, 6.07) is 15.5. The summed E-state index contributed by atoms with van der Waals surface area (Å²) in [7, 11) is -3.59. The third-order valence-corrected chi connectivity index (χ3v) is 7.69. The molecule has 3 unspecified atom stereocenters. The van der Waals surface area contributed by atoms with Crippen LogP contribution in [-0.4, -0.2) is 44.2 Å². The van der Waals surface area contributed by atoms with Crippen molar-refractivity contribution in [3.05, 3.63) is 54.6 Å². The molecule has 6 nitrogen and oxygen atoms in total. The van der Waals surface area contributed by atoms with Crippen molar-refractivity contribution in [3.63, 3.8) is 0 Å². The van der Waals surface area contributed by atoms with Crippen LogP contribution in [0.3, 0.4) is 0 Å². The number of thioether (sulfide) groups is 1. The van der Waals surface area contributed by atoms with Crippen LogP contribution in [-0.2, 0) is 10.0 Å². The lowest BCUT2D eigenvalue weighted by molar-refractivity contribution is 0.183. The monoisotopic (exact) mass is 417 g/mol. The van der Waals surface area contributed by atoms with Gasteiger partial charge in [-0.05, 0) is 61.4 Å². The SMILES string of the molecule is CSc1ccc(NC(=O)N2CC3CC(NS(=O)(=O)c4ccccc4)C2C3)cc1. The van der Waals surface area contributed by atoms with Crippen molar-refractivity contribution in [2.75, 3.05) is 18.1 Å². The molecule has 0 spiro atoms. The van der Waals surface area contributed by atoms with E-state index in [1.807, 2.05) is 30.5 Å². The van der Waals surface area contributed by atoms with E-state index in [0.717, 1.165) is 23.4 Å². The van der Waals surface area contributed by atoms with Gasteiger partial charge in [-0.15, -0.1) is 11.8 Å². The topological polar surface area (TPSA) is 78.5 Å². The number of nitrogens with one attached hydrogen (secondary N) is 2. The molecule has 2 bridgehead atoms. The highest BCUT2D eigenvalue weighted by Crippen LogP contribution is 2.38. The number of likely N-dealkylation sites (tertiary alicyclic amines) is 1. The highest BCUT2D eigenvalue weighted by Gasteiger charge is 2.48. The molecule has 2 aromatic carbocycles. The van der Waals surface area contributed by atoms with Gasteiger partial charge in [0.25, 0.3) is 0 Å². The zero-order chi connectivity index (χ0) is 19.7. The second kappa shape index (κ2) is 7.77. The van der Waals surface area contributed by atoms with Crippen LogP contribution in [0.1, 0.15) is 12.8 Å². The molecule has 0 aromatic heterocycles. The fraction of sp³-hybridized carbons (Fsp3) is 0.350. The molecular formula is C20H23N3O3S2. The molecule has 2 N–H and O–H groups in total. The van der Waals surface area contributed by atoms with Crippen LogP contribution in [0, 0.1) is 5.92 Å². The lowest BCUT2D eigenvalue weighted by atomic mass is 10.1. The molecule has 1 saturated carbocycles. The Kier molecular flexibility index (Phi) is 5.35. The Bertz CT molecular complexity index is 948. The number of nitrogens with zero attached hydrogens (tertiary/aromatic N) is 1. The maximum absolute atomic E-state index is 12.8. The molecule has 1 saturated heterocycles. The molecule has 1 aliphatic carbocycles. The number of hydrogen-bond acceptors (Lipinski definition) is 4. The minimum absolute atomic E-state index is 0.117. The lowest BCUT2D eigenvalue weighted by Crippen LogP contribution is -2.52. The molecule has 8 heteroatoms. The number of carbonyl (C=O) groups excluding carboxylic acids is 1. The van der Waals surface area contributed by atoms with Crippen LogP contribution in [0.4, 0.5) is 10.5 Å². The number of hydrogen-bond donors (Lipinski definition) is 2. The van der Waals surface area contributed by atoms with Crippen LogP contribution < -0.4 is 10.0 Å². The number of benzene rings is 2. The maximum Gasteiger partial charge on any atom is 0.322 e. The molecule has 1 aliphatic heterocycles. The van der Waals surface area contributed by atoms with E-state index >= 15 is 0 Å². The molecule has 2 aromatic rings. The third-order valence-electron chi connectivity index (χ3n) is 5.44. The summed E-state index contributed by atoms with van der Waals surface area (Å²) in [5.41, 5.74) is 0.743. The zero-order valence-corrected chi connectivity index (χ0v) is 17.2. The zero-order valence-electron chi connectivity index (χ0n) is 15.5. The maximum atomic E-state index is 12.8. The highest BCUT2D eigenvalue weighted by molar-refractivity contribution is 7.98. The van der Waals surface area contributed by atoms with Crippen molar-refractivity contribution >= 4 is 33.5 Å². The van der Waals surface area contributed by atoms with E-state index < -0.39 is 10.0 Å². The van der Waals surface area contributed by atoms with Crippen molar-refractivity contribution < 1.29 is 13.2 Å². The average molecular weight is 418 g/mol.